The van der Waals surface area contributed by atoms with Gasteiger partial charge < -0.3 is 10.2 Å². The highest BCUT2D eigenvalue weighted by atomic mass is 32.2. The van der Waals surface area contributed by atoms with Crippen LogP contribution in [-0.2, 0) is 4.79 Å². The number of carbonyl (C=O) groups is 2. The van der Waals surface area contributed by atoms with Gasteiger partial charge in [-0.25, -0.2) is 4.68 Å². The molecule has 154 valence electrons. The molecule has 4 rings (SSSR count). The number of hydrogen-bond acceptors (Lipinski definition) is 6. The maximum atomic E-state index is 12.5. The van der Waals surface area contributed by atoms with Gasteiger partial charge in [-0.05, 0) is 48.2 Å². The second-order valence-electron chi connectivity index (χ2n) is 7.63. The number of tetrazole rings is 1. The summed E-state index contributed by atoms with van der Waals surface area (Å²) in [5.41, 5.74) is 0.714. The van der Waals surface area contributed by atoms with E-state index in [9.17, 15) is 9.59 Å². The van der Waals surface area contributed by atoms with Crippen LogP contribution in [0.5, 0.6) is 0 Å². The Bertz CT molecular complexity index is 829. The first kappa shape index (κ1) is 19.9. The van der Waals surface area contributed by atoms with Gasteiger partial charge in [0.25, 0.3) is 5.91 Å². The van der Waals surface area contributed by atoms with Crippen LogP contribution in [0.3, 0.4) is 0 Å². The van der Waals surface area contributed by atoms with Gasteiger partial charge in [0.15, 0.2) is 0 Å². The van der Waals surface area contributed by atoms with Crippen molar-refractivity contribution in [3.05, 3.63) is 35.9 Å². The van der Waals surface area contributed by atoms with Crippen LogP contribution in [0.1, 0.15) is 54.9 Å². The SMILES string of the molecule is O=C(CSc1nnnn1C1CCCC1)NC1CCN(C(=O)c2ccccc2)CC1. The Morgan fingerprint density at radius 1 is 1.07 bits per heavy atom. The van der Waals surface area contributed by atoms with Gasteiger partial charge in [0.2, 0.25) is 11.1 Å². The molecule has 1 N–H and O–H groups in total. The number of carbonyl (C=O) groups excluding carboxylic acids is 2. The Morgan fingerprint density at radius 3 is 2.52 bits per heavy atom. The molecule has 8 nitrogen and oxygen atoms in total. The molecule has 1 aromatic carbocycles. The summed E-state index contributed by atoms with van der Waals surface area (Å²) >= 11 is 1.39. The maximum absolute atomic E-state index is 12.5. The fourth-order valence-corrected chi connectivity index (χ4v) is 4.80. The molecule has 2 amide bonds. The van der Waals surface area contributed by atoms with Crippen molar-refractivity contribution >= 4 is 23.6 Å². The number of benzene rings is 1. The lowest BCUT2D eigenvalue weighted by atomic mass is 10.0. The zero-order chi connectivity index (χ0) is 20.1. The van der Waals surface area contributed by atoms with Crippen LogP contribution in [0.4, 0.5) is 0 Å². The first-order valence-electron chi connectivity index (χ1n) is 10.2. The first-order valence-corrected chi connectivity index (χ1v) is 11.2. The smallest absolute Gasteiger partial charge is 0.253 e. The van der Waals surface area contributed by atoms with E-state index in [1.165, 1.54) is 24.6 Å². The zero-order valence-corrected chi connectivity index (χ0v) is 17.2. The van der Waals surface area contributed by atoms with Crippen molar-refractivity contribution in [1.29, 1.82) is 0 Å². The molecule has 0 unspecified atom stereocenters. The minimum Gasteiger partial charge on any atom is -0.353 e. The molecule has 0 atom stereocenters. The van der Waals surface area contributed by atoms with Gasteiger partial charge in [0, 0.05) is 24.7 Å². The van der Waals surface area contributed by atoms with Crippen molar-refractivity contribution in [2.75, 3.05) is 18.8 Å². The molecular formula is C20H26N6O2S. The molecular weight excluding hydrogens is 388 g/mol. The van der Waals surface area contributed by atoms with Crippen LogP contribution in [0, 0.1) is 0 Å². The van der Waals surface area contributed by atoms with Crippen molar-refractivity contribution in [1.82, 2.24) is 30.4 Å². The quantitative estimate of drug-likeness (QED) is 0.729. The van der Waals surface area contributed by atoms with E-state index in [2.05, 4.69) is 20.8 Å². The number of nitrogens with zero attached hydrogens (tertiary/aromatic N) is 5. The molecule has 2 aliphatic rings. The van der Waals surface area contributed by atoms with Crippen molar-refractivity contribution < 1.29 is 9.59 Å². The number of aromatic nitrogens is 4. The molecule has 1 saturated carbocycles. The second-order valence-corrected chi connectivity index (χ2v) is 8.58. The largest absolute Gasteiger partial charge is 0.353 e. The van der Waals surface area contributed by atoms with E-state index in [-0.39, 0.29) is 17.9 Å². The van der Waals surface area contributed by atoms with Gasteiger partial charge in [0.1, 0.15) is 0 Å². The molecule has 1 aromatic heterocycles. The fourth-order valence-electron chi connectivity index (χ4n) is 4.05. The molecule has 0 spiro atoms. The number of rotatable bonds is 6. The van der Waals surface area contributed by atoms with E-state index in [1.807, 2.05) is 39.9 Å². The van der Waals surface area contributed by atoms with Gasteiger partial charge in [-0.1, -0.05) is 42.8 Å². The number of hydrogen-bond donors (Lipinski definition) is 1. The molecule has 29 heavy (non-hydrogen) atoms. The van der Waals surface area contributed by atoms with Crippen molar-refractivity contribution in [3.63, 3.8) is 0 Å². The highest BCUT2D eigenvalue weighted by Gasteiger charge is 2.25. The average Bonchev–Trinajstić information content (AvgIpc) is 3.44. The fraction of sp³-hybridized carbons (Fsp3) is 0.550. The predicted octanol–water partition coefficient (Wildman–Crippen LogP) is 2.30. The van der Waals surface area contributed by atoms with Crippen LogP contribution in [0.25, 0.3) is 0 Å². The molecule has 2 fully saturated rings. The number of nitrogens with one attached hydrogen (secondary N) is 1. The van der Waals surface area contributed by atoms with Crippen molar-refractivity contribution in [2.45, 2.75) is 55.8 Å². The minimum atomic E-state index is -0.0104. The van der Waals surface area contributed by atoms with E-state index in [1.54, 1.807) is 0 Å². The Labute approximate surface area is 174 Å². The standard InChI is InChI=1S/C20H26N6O2S/c27-18(14-29-20-22-23-24-26(20)17-8-4-5-9-17)21-16-10-12-25(13-11-16)19(28)15-6-2-1-3-7-15/h1-3,6-7,16-17H,4-5,8-14H2,(H,21,27). The van der Waals surface area contributed by atoms with Crippen LogP contribution < -0.4 is 5.32 Å². The summed E-state index contributed by atoms with van der Waals surface area (Å²) in [6, 6.07) is 9.81. The molecule has 9 heteroatoms. The first-order chi connectivity index (χ1) is 14.2. The Hall–Kier alpha value is -2.42. The lowest BCUT2D eigenvalue weighted by Crippen LogP contribution is -2.47. The van der Waals surface area contributed by atoms with Gasteiger partial charge in [-0.2, -0.15) is 0 Å². The highest BCUT2D eigenvalue weighted by molar-refractivity contribution is 7.99. The molecule has 1 saturated heterocycles. The minimum absolute atomic E-state index is 0.0104. The molecule has 2 aromatic rings. The van der Waals surface area contributed by atoms with Gasteiger partial charge in [-0.15, -0.1) is 5.10 Å². The number of amides is 2. The van der Waals surface area contributed by atoms with E-state index < -0.39 is 0 Å². The summed E-state index contributed by atoms with van der Waals surface area (Å²) < 4.78 is 1.87. The summed E-state index contributed by atoms with van der Waals surface area (Å²) in [4.78, 5) is 26.8. The predicted molar refractivity (Wildman–Crippen MR) is 110 cm³/mol. The molecule has 2 heterocycles. The normalized spacial score (nSPS) is 18.1. The summed E-state index contributed by atoms with van der Waals surface area (Å²) in [6.07, 6.45) is 6.17. The van der Waals surface area contributed by atoms with Crippen LogP contribution in [0.15, 0.2) is 35.5 Å². The third-order valence-electron chi connectivity index (χ3n) is 5.63. The van der Waals surface area contributed by atoms with E-state index in [0.717, 1.165) is 30.8 Å². The third-order valence-corrected chi connectivity index (χ3v) is 6.57. The number of thioether (sulfide) groups is 1. The van der Waals surface area contributed by atoms with E-state index >= 15 is 0 Å². The van der Waals surface area contributed by atoms with Crippen LogP contribution >= 0.6 is 11.8 Å². The number of likely N-dealkylation sites (tertiary alicyclic amines) is 1. The Balaban J connectivity index is 1.21. The summed E-state index contributed by atoms with van der Waals surface area (Å²) in [7, 11) is 0. The second kappa shape index (κ2) is 9.39. The van der Waals surface area contributed by atoms with Gasteiger partial charge >= 0.3 is 0 Å². The zero-order valence-electron chi connectivity index (χ0n) is 16.4. The third kappa shape index (κ3) is 4.95. The van der Waals surface area contributed by atoms with E-state index in [0.29, 0.717) is 30.4 Å². The number of piperidine rings is 1. The van der Waals surface area contributed by atoms with Crippen LogP contribution in [0.2, 0.25) is 0 Å². The molecule has 0 bridgehead atoms. The molecule has 1 aliphatic heterocycles. The van der Waals surface area contributed by atoms with Crippen LogP contribution in [-0.4, -0.2) is 61.8 Å². The lowest BCUT2D eigenvalue weighted by Gasteiger charge is -2.32. The summed E-state index contributed by atoms with van der Waals surface area (Å²) in [5, 5.41) is 15.8. The van der Waals surface area contributed by atoms with Crippen molar-refractivity contribution in [3.8, 4) is 0 Å². The van der Waals surface area contributed by atoms with Gasteiger partial charge in [-0.3, -0.25) is 9.59 Å². The van der Waals surface area contributed by atoms with Crippen molar-refractivity contribution in [2.24, 2.45) is 0 Å². The summed E-state index contributed by atoms with van der Waals surface area (Å²) in [5.74, 6) is 0.351. The lowest BCUT2D eigenvalue weighted by molar-refractivity contribution is -0.119. The molecule has 1 aliphatic carbocycles. The topological polar surface area (TPSA) is 93.0 Å². The molecule has 0 radical (unpaired) electrons. The monoisotopic (exact) mass is 414 g/mol. The Kier molecular flexibility index (Phi) is 6.43. The maximum Gasteiger partial charge on any atom is 0.253 e. The van der Waals surface area contributed by atoms with E-state index in [4.69, 9.17) is 0 Å². The summed E-state index contributed by atoms with van der Waals surface area (Å²) in [6.45, 7) is 1.32. The van der Waals surface area contributed by atoms with Gasteiger partial charge in [0.05, 0.1) is 11.8 Å². The average molecular weight is 415 g/mol. The highest BCUT2D eigenvalue weighted by Crippen LogP contribution is 2.31. The Morgan fingerprint density at radius 2 is 1.79 bits per heavy atom.